The molecule has 0 saturated heterocycles. The van der Waals surface area contributed by atoms with E-state index in [2.05, 4.69) is 20.3 Å². The predicted octanol–water partition coefficient (Wildman–Crippen LogP) is 2.07. The van der Waals surface area contributed by atoms with Crippen LogP contribution in [0.15, 0.2) is 24.5 Å². The van der Waals surface area contributed by atoms with Crippen LogP contribution in [0, 0.1) is 12.7 Å². The van der Waals surface area contributed by atoms with E-state index in [1.807, 2.05) is 13.8 Å². The van der Waals surface area contributed by atoms with Crippen LogP contribution in [0.1, 0.15) is 24.2 Å². The summed E-state index contributed by atoms with van der Waals surface area (Å²) >= 11 is 0. The molecule has 0 amide bonds. The van der Waals surface area contributed by atoms with Crippen LogP contribution in [0.4, 0.5) is 16.2 Å². The van der Waals surface area contributed by atoms with Gasteiger partial charge in [-0.05, 0) is 26.0 Å². The Hall–Kier alpha value is -2.24. The molecule has 0 aliphatic carbocycles. The number of aryl methyl sites for hydroxylation is 1. The lowest BCUT2D eigenvalue weighted by atomic mass is 10.2. The first-order chi connectivity index (χ1) is 8.56. The zero-order chi connectivity index (χ0) is 13.1. The van der Waals surface area contributed by atoms with Crippen molar-refractivity contribution in [3.05, 3.63) is 41.6 Å². The van der Waals surface area contributed by atoms with Gasteiger partial charge in [0, 0.05) is 11.8 Å². The molecule has 0 saturated carbocycles. The first-order valence-electron chi connectivity index (χ1n) is 5.53. The number of anilines is 2. The van der Waals surface area contributed by atoms with Gasteiger partial charge in [-0.2, -0.15) is 4.98 Å². The van der Waals surface area contributed by atoms with E-state index in [0.29, 0.717) is 17.5 Å². The molecule has 0 fully saturated rings. The lowest BCUT2D eigenvalue weighted by Gasteiger charge is -2.13. The van der Waals surface area contributed by atoms with Crippen molar-refractivity contribution in [1.82, 2.24) is 15.0 Å². The minimum atomic E-state index is -0.359. The van der Waals surface area contributed by atoms with E-state index in [4.69, 9.17) is 5.73 Å². The van der Waals surface area contributed by atoms with E-state index in [1.54, 1.807) is 12.3 Å². The summed E-state index contributed by atoms with van der Waals surface area (Å²) in [6, 6.07) is 2.85. The summed E-state index contributed by atoms with van der Waals surface area (Å²) in [4.78, 5) is 12.2. The molecule has 0 aromatic carbocycles. The number of nitrogens with zero attached hydrogens (tertiary/aromatic N) is 3. The van der Waals surface area contributed by atoms with Gasteiger partial charge < -0.3 is 11.1 Å². The molecule has 3 N–H and O–H groups in total. The lowest BCUT2D eigenvalue weighted by molar-refractivity contribution is 0.617. The number of pyridine rings is 1. The van der Waals surface area contributed by atoms with Gasteiger partial charge in [0.15, 0.2) is 0 Å². The van der Waals surface area contributed by atoms with Gasteiger partial charge in [0.05, 0.1) is 17.9 Å². The van der Waals surface area contributed by atoms with Crippen molar-refractivity contribution in [1.29, 1.82) is 0 Å². The summed E-state index contributed by atoms with van der Waals surface area (Å²) in [6.45, 7) is 3.73. The molecular formula is C12H14FN5. The van der Waals surface area contributed by atoms with Crippen LogP contribution in [0.2, 0.25) is 0 Å². The smallest absolute Gasteiger partial charge is 0.225 e. The molecular weight excluding hydrogens is 233 g/mol. The highest BCUT2D eigenvalue weighted by Crippen LogP contribution is 2.16. The van der Waals surface area contributed by atoms with Crippen molar-refractivity contribution in [2.45, 2.75) is 19.9 Å². The summed E-state index contributed by atoms with van der Waals surface area (Å²) < 4.78 is 12.8. The van der Waals surface area contributed by atoms with Crippen molar-refractivity contribution < 1.29 is 4.39 Å². The summed E-state index contributed by atoms with van der Waals surface area (Å²) in [6.07, 6.45) is 2.83. The van der Waals surface area contributed by atoms with Crippen molar-refractivity contribution >= 4 is 11.8 Å². The summed E-state index contributed by atoms with van der Waals surface area (Å²) in [7, 11) is 0. The summed E-state index contributed by atoms with van der Waals surface area (Å²) in [5.74, 6) is 0.505. The monoisotopic (exact) mass is 247 g/mol. The van der Waals surface area contributed by atoms with Crippen molar-refractivity contribution in [2.75, 3.05) is 11.1 Å². The van der Waals surface area contributed by atoms with Gasteiger partial charge in [0.2, 0.25) is 5.95 Å². The van der Waals surface area contributed by atoms with Gasteiger partial charge in [-0.25, -0.2) is 9.37 Å². The van der Waals surface area contributed by atoms with Gasteiger partial charge in [-0.15, -0.1) is 0 Å². The number of halogens is 1. The van der Waals surface area contributed by atoms with Crippen molar-refractivity contribution in [2.24, 2.45) is 0 Å². The van der Waals surface area contributed by atoms with Crippen LogP contribution in [0.3, 0.4) is 0 Å². The number of rotatable bonds is 3. The molecule has 0 aliphatic rings. The zero-order valence-electron chi connectivity index (χ0n) is 10.2. The van der Waals surface area contributed by atoms with E-state index in [0.717, 1.165) is 5.56 Å². The Labute approximate surface area is 104 Å². The molecule has 0 spiro atoms. The maximum atomic E-state index is 12.8. The second kappa shape index (κ2) is 4.95. The number of nitrogens with one attached hydrogen (secondary N) is 1. The topological polar surface area (TPSA) is 76.7 Å². The fourth-order valence-corrected chi connectivity index (χ4v) is 1.44. The Kier molecular flexibility index (Phi) is 3.36. The largest absolute Gasteiger partial charge is 0.383 e. The van der Waals surface area contributed by atoms with E-state index < -0.39 is 0 Å². The number of hydrogen-bond acceptors (Lipinski definition) is 5. The van der Waals surface area contributed by atoms with Gasteiger partial charge in [-0.1, -0.05) is 0 Å². The third-order valence-corrected chi connectivity index (χ3v) is 2.55. The standard InChI is InChI=1S/C12H14FN5/c1-7-5-16-12(18-11(7)14)17-8(2)10-4-3-9(13)6-15-10/h3-6,8H,1-2H3,(H3,14,16,17,18). The molecule has 1 atom stereocenters. The number of hydrogen-bond donors (Lipinski definition) is 2. The fraction of sp³-hybridized carbons (Fsp3) is 0.250. The highest BCUT2D eigenvalue weighted by atomic mass is 19.1. The van der Waals surface area contributed by atoms with E-state index in [9.17, 15) is 4.39 Å². The van der Waals surface area contributed by atoms with Gasteiger partial charge in [0.25, 0.3) is 0 Å². The van der Waals surface area contributed by atoms with E-state index in [1.165, 1.54) is 12.3 Å². The van der Waals surface area contributed by atoms with Crippen LogP contribution in [-0.2, 0) is 0 Å². The van der Waals surface area contributed by atoms with Gasteiger partial charge >= 0.3 is 0 Å². The molecule has 6 heteroatoms. The first kappa shape index (κ1) is 12.2. The molecule has 94 valence electrons. The van der Waals surface area contributed by atoms with Crippen LogP contribution >= 0.6 is 0 Å². The van der Waals surface area contributed by atoms with E-state index >= 15 is 0 Å². The molecule has 2 rings (SSSR count). The first-order valence-corrected chi connectivity index (χ1v) is 5.53. The maximum absolute atomic E-state index is 12.8. The minimum Gasteiger partial charge on any atom is -0.383 e. The highest BCUT2D eigenvalue weighted by Gasteiger charge is 2.09. The Morgan fingerprint density at radius 3 is 2.67 bits per heavy atom. The van der Waals surface area contributed by atoms with Crippen LogP contribution in [0.5, 0.6) is 0 Å². The van der Waals surface area contributed by atoms with Crippen molar-refractivity contribution in [3.8, 4) is 0 Å². The molecule has 2 heterocycles. The SMILES string of the molecule is Cc1cnc(NC(C)c2ccc(F)cn2)nc1N. The molecule has 0 bridgehead atoms. The average Bonchev–Trinajstić information content (AvgIpc) is 2.34. The highest BCUT2D eigenvalue weighted by molar-refractivity contribution is 5.42. The fourth-order valence-electron chi connectivity index (χ4n) is 1.44. The van der Waals surface area contributed by atoms with Crippen molar-refractivity contribution in [3.63, 3.8) is 0 Å². The molecule has 2 aromatic heterocycles. The Morgan fingerprint density at radius 2 is 2.06 bits per heavy atom. The van der Waals surface area contributed by atoms with E-state index in [-0.39, 0.29) is 11.9 Å². The normalized spacial score (nSPS) is 12.2. The second-order valence-corrected chi connectivity index (χ2v) is 4.03. The van der Waals surface area contributed by atoms with Crippen LogP contribution in [0.25, 0.3) is 0 Å². The average molecular weight is 247 g/mol. The zero-order valence-corrected chi connectivity index (χ0v) is 10.2. The number of nitrogens with two attached hydrogens (primary N) is 1. The summed E-state index contributed by atoms with van der Waals surface area (Å²) in [5, 5.41) is 3.06. The minimum absolute atomic E-state index is 0.132. The molecule has 0 aliphatic heterocycles. The molecule has 1 unspecified atom stereocenters. The molecule has 18 heavy (non-hydrogen) atoms. The van der Waals surface area contributed by atoms with Crippen LogP contribution in [-0.4, -0.2) is 15.0 Å². The molecule has 2 aromatic rings. The predicted molar refractivity (Wildman–Crippen MR) is 67.4 cm³/mol. The molecule has 5 nitrogen and oxygen atoms in total. The van der Waals surface area contributed by atoms with Gasteiger partial charge in [-0.3, -0.25) is 4.98 Å². The quantitative estimate of drug-likeness (QED) is 0.868. The Bertz CT molecular complexity index is 541. The van der Waals surface area contributed by atoms with Gasteiger partial charge in [0.1, 0.15) is 11.6 Å². The third kappa shape index (κ3) is 2.71. The third-order valence-electron chi connectivity index (χ3n) is 2.55. The Balaban J connectivity index is 2.13. The molecule has 0 radical (unpaired) electrons. The Morgan fingerprint density at radius 1 is 1.28 bits per heavy atom. The maximum Gasteiger partial charge on any atom is 0.225 e. The lowest BCUT2D eigenvalue weighted by Crippen LogP contribution is -2.12. The summed E-state index contributed by atoms with van der Waals surface area (Å²) in [5.41, 5.74) is 7.23. The second-order valence-electron chi connectivity index (χ2n) is 4.03. The number of aromatic nitrogens is 3. The number of nitrogen functional groups attached to an aromatic ring is 1. The van der Waals surface area contributed by atoms with Crippen LogP contribution < -0.4 is 11.1 Å².